The number of nitrogens with zero attached hydrogens (tertiary/aromatic N) is 1. The lowest BCUT2D eigenvalue weighted by Crippen LogP contribution is -2.12. The van der Waals surface area contributed by atoms with Gasteiger partial charge in [-0.05, 0) is 43.9 Å². The summed E-state index contributed by atoms with van der Waals surface area (Å²) in [4.78, 5) is 5.74. The first-order chi connectivity index (χ1) is 9.10. The number of hydrogen-bond donors (Lipinski definition) is 1. The Morgan fingerprint density at radius 3 is 2.32 bits per heavy atom. The zero-order valence-corrected chi connectivity index (χ0v) is 12.3. The second-order valence-corrected chi connectivity index (χ2v) is 5.40. The number of benzene rings is 2. The van der Waals surface area contributed by atoms with Crippen LogP contribution in [0.2, 0.25) is 0 Å². The molecule has 0 unspecified atom stereocenters. The molecule has 0 radical (unpaired) electrons. The predicted molar refractivity (Wildman–Crippen MR) is 84.5 cm³/mol. The van der Waals surface area contributed by atoms with Gasteiger partial charge in [-0.25, -0.2) is 4.99 Å². The molecule has 0 saturated heterocycles. The molecule has 3 heteroatoms. The molecule has 2 aromatic rings. The highest BCUT2D eigenvalue weighted by Crippen LogP contribution is 2.21. The average molecular weight is 270 g/mol. The standard InChI is InChI=1S/C16H18N2S/c1-11-4-9-15(12(2)10-11)18-16(17)13-5-7-14(19-3)8-6-13/h4-10H,1-3H3,(H2,17,18). The third-order valence-corrected chi connectivity index (χ3v) is 3.72. The van der Waals surface area contributed by atoms with E-state index in [0.29, 0.717) is 5.84 Å². The maximum absolute atomic E-state index is 6.07. The summed E-state index contributed by atoms with van der Waals surface area (Å²) in [5, 5.41) is 0. The van der Waals surface area contributed by atoms with Gasteiger partial charge in [-0.15, -0.1) is 11.8 Å². The van der Waals surface area contributed by atoms with Crippen molar-refractivity contribution >= 4 is 23.3 Å². The number of rotatable bonds is 3. The van der Waals surface area contributed by atoms with Crippen LogP contribution in [-0.2, 0) is 0 Å². The van der Waals surface area contributed by atoms with E-state index < -0.39 is 0 Å². The van der Waals surface area contributed by atoms with Crippen LogP contribution in [0.25, 0.3) is 0 Å². The number of aliphatic imine (C=N–C) groups is 1. The Labute approximate surface area is 118 Å². The maximum Gasteiger partial charge on any atom is 0.131 e. The van der Waals surface area contributed by atoms with Gasteiger partial charge in [-0.1, -0.05) is 29.8 Å². The summed E-state index contributed by atoms with van der Waals surface area (Å²) >= 11 is 1.72. The minimum atomic E-state index is 0.555. The third-order valence-electron chi connectivity index (χ3n) is 2.98. The molecule has 2 rings (SSSR count). The fourth-order valence-electron chi connectivity index (χ4n) is 1.89. The van der Waals surface area contributed by atoms with Crippen molar-refractivity contribution in [3.63, 3.8) is 0 Å². The Hall–Kier alpha value is -1.74. The molecular formula is C16H18N2S. The summed E-state index contributed by atoms with van der Waals surface area (Å²) in [6, 6.07) is 14.3. The molecule has 0 amide bonds. The van der Waals surface area contributed by atoms with Crippen molar-refractivity contribution in [1.29, 1.82) is 0 Å². The Morgan fingerprint density at radius 1 is 1.05 bits per heavy atom. The smallest absolute Gasteiger partial charge is 0.131 e. The molecule has 2 aromatic carbocycles. The summed E-state index contributed by atoms with van der Waals surface area (Å²) in [7, 11) is 0. The summed E-state index contributed by atoms with van der Waals surface area (Å²) in [5.41, 5.74) is 10.3. The highest BCUT2D eigenvalue weighted by molar-refractivity contribution is 7.98. The minimum Gasteiger partial charge on any atom is -0.383 e. The van der Waals surface area contributed by atoms with Gasteiger partial charge in [-0.3, -0.25) is 0 Å². The SMILES string of the molecule is CSc1ccc(C(N)=Nc2ccc(C)cc2C)cc1. The molecule has 0 aromatic heterocycles. The molecule has 0 aliphatic carbocycles. The zero-order valence-electron chi connectivity index (χ0n) is 11.5. The third kappa shape index (κ3) is 3.38. The molecule has 0 saturated carbocycles. The van der Waals surface area contributed by atoms with Crippen molar-refractivity contribution in [3.05, 3.63) is 59.2 Å². The predicted octanol–water partition coefficient (Wildman–Crippen LogP) is 4.06. The van der Waals surface area contributed by atoms with Crippen LogP contribution in [-0.4, -0.2) is 12.1 Å². The van der Waals surface area contributed by atoms with E-state index in [4.69, 9.17) is 5.73 Å². The Morgan fingerprint density at radius 2 is 1.74 bits per heavy atom. The average Bonchev–Trinajstić information content (AvgIpc) is 2.42. The molecule has 0 heterocycles. The second-order valence-electron chi connectivity index (χ2n) is 4.52. The van der Waals surface area contributed by atoms with Crippen molar-refractivity contribution in [1.82, 2.24) is 0 Å². The minimum absolute atomic E-state index is 0.555. The molecule has 0 aliphatic rings. The molecule has 19 heavy (non-hydrogen) atoms. The van der Waals surface area contributed by atoms with E-state index in [1.807, 2.05) is 18.2 Å². The Kier molecular flexibility index (Phi) is 4.27. The lowest BCUT2D eigenvalue weighted by atomic mass is 10.1. The van der Waals surface area contributed by atoms with Crippen molar-refractivity contribution in [2.75, 3.05) is 6.26 Å². The first kappa shape index (κ1) is 13.7. The highest BCUT2D eigenvalue weighted by atomic mass is 32.2. The fourth-order valence-corrected chi connectivity index (χ4v) is 2.30. The van der Waals surface area contributed by atoms with Crippen LogP contribution in [0.4, 0.5) is 5.69 Å². The molecule has 0 bridgehead atoms. The van der Waals surface area contributed by atoms with Gasteiger partial charge < -0.3 is 5.73 Å². The molecule has 0 atom stereocenters. The van der Waals surface area contributed by atoms with E-state index in [0.717, 1.165) is 16.8 Å². The number of aryl methyl sites for hydroxylation is 2. The van der Waals surface area contributed by atoms with Crippen LogP contribution in [0.5, 0.6) is 0 Å². The summed E-state index contributed by atoms with van der Waals surface area (Å²) < 4.78 is 0. The molecule has 98 valence electrons. The number of nitrogens with two attached hydrogens (primary N) is 1. The molecule has 0 fully saturated rings. The van der Waals surface area contributed by atoms with Crippen LogP contribution in [0, 0.1) is 13.8 Å². The van der Waals surface area contributed by atoms with Crippen LogP contribution in [0.3, 0.4) is 0 Å². The summed E-state index contributed by atoms with van der Waals surface area (Å²) in [5.74, 6) is 0.555. The van der Waals surface area contributed by atoms with Crippen molar-refractivity contribution in [3.8, 4) is 0 Å². The van der Waals surface area contributed by atoms with Crippen LogP contribution >= 0.6 is 11.8 Å². The number of thioether (sulfide) groups is 1. The van der Waals surface area contributed by atoms with Crippen molar-refractivity contribution < 1.29 is 0 Å². The topological polar surface area (TPSA) is 38.4 Å². The monoisotopic (exact) mass is 270 g/mol. The lowest BCUT2D eigenvalue weighted by molar-refractivity contribution is 1.33. The van der Waals surface area contributed by atoms with Crippen LogP contribution in [0.15, 0.2) is 52.4 Å². The van der Waals surface area contributed by atoms with Gasteiger partial charge in [-0.2, -0.15) is 0 Å². The van der Waals surface area contributed by atoms with Crippen LogP contribution in [0.1, 0.15) is 16.7 Å². The quantitative estimate of drug-likeness (QED) is 0.519. The second kappa shape index (κ2) is 5.93. The summed E-state index contributed by atoms with van der Waals surface area (Å²) in [6.45, 7) is 4.13. The Balaban J connectivity index is 2.31. The van der Waals surface area contributed by atoms with E-state index in [1.165, 1.54) is 10.5 Å². The normalized spacial score (nSPS) is 11.6. The summed E-state index contributed by atoms with van der Waals surface area (Å²) in [6.07, 6.45) is 2.06. The lowest BCUT2D eigenvalue weighted by Gasteiger charge is -2.05. The fraction of sp³-hybridized carbons (Fsp3) is 0.188. The van der Waals surface area contributed by atoms with E-state index in [-0.39, 0.29) is 0 Å². The maximum atomic E-state index is 6.07. The molecule has 0 spiro atoms. The molecule has 2 nitrogen and oxygen atoms in total. The van der Waals surface area contributed by atoms with Gasteiger partial charge in [0.15, 0.2) is 0 Å². The van der Waals surface area contributed by atoms with Crippen LogP contribution < -0.4 is 5.73 Å². The van der Waals surface area contributed by atoms with Crippen molar-refractivity contribution in [2.24, 2.45) is 10.7 Å². The Bertz CT molecular complexity index is 601. The van der Waals surface area contributed by atoms with E-state index in [1.54, 1.807) is 11.8 Å². The number of hydrogen-bond acceptors (Lipinski definition) is 2. The van der Waals surface area contributed by atoms with Gasteiger partial charge in [0.05, 0.1) is 5.69 Å². The van der Waals surface area contributed by atoms with Gasteiger partial charge in [0.25, 0.3) is 0 Å². The van der Waals surface area contributed by atoms with E-state index >= 15 is 0 Å². The van der Waals surface area contributed by atoms with Crippen molar-refractivity contribution in [2.45, 2.75) is 18.7 Å². The van der Waals surface area contributed by atoms with Gasteiger partial charge >= 0.3 is 0 Å². The first-order valence-electron chi connectivity index (χ1n) is 6.16. The highest BCUT2D eigenvalue weighted by Gasteiger charge is 2.01. The molecule has 0 aliphatic heterocycles. The zero-order chi connectivity index (χ0) is 13.8. The van der Waals surface area contributed by atoms with Gasteiger partial charge in [0.2, 0.25) is 0 Å². The van der Waals surface area contributed by atoms with Gasteiger partial charge in [0.1, 0.15) is 5.84 Å². The van der Waals surface area contributed by atoms with Gasteiger partial charge in [0, 0.05) is 10.5 Å². The first-order valence-corrected chi connectivity index (χ1v) is 7.38. The molecular weight excluding hydrogens is 252 g/mol. The largest absolute Gasteiger partial charge is 0.383 e. The number of amidine groups is 1. The van der Waals surface area contributed by atoms with E-state index in [9.17, 15) is 0 Å². The van der Waals surface area contributed by atoms with E-state index in [2.05, 4.69) is 49.4 Å². The molecule has 2 N–H and O–H groups in total.